The van der Waals surface area contributed by atoms with Crippen LogP contribution in [-0.2, 0) is 19.0 Å². The molecule has 6 heteroatoms. The minimum Gasteiger partial charge on any atom is -0.469 e. The lowest BCUT2D eigenvalue weighted by Crippen LogP contribution is -2.32. The van der Waals surface area contributed by atoms with Crippen molar-refractivity contribution in [2.75, 3.05) is 20.3 Å². The summed E-state index contributed by atoms with van der Waals surface area (Å²) in [5.74, 6) is 0.0835. The fourth-order valence-corrected chi connectivity index (χ4v) is 4.16. The predicted octanol–water partition coefficient (Wildman–Crippen LogP) is 3.42. The summed E-state index contributed by atoms with van der Waals surface area (Å²) in [5, 5.41) is 9.83. The summed E-state index contributed by atoms with van der Waals surface area (Å²) in [6.45, 7) is 0.838. The number of methoxy groups -OCH3 is 1. The van der Waals surface area contributed by atoms with Crippen molar-refractivity contribution in [2.45, 2.75) is 69.1 Å². The maximum absolute atomic E-state index is 11.1. The molecule has 0 amide bonds. The summed E-state index contributed by atoms with van der Waals surface area (Å²) in [4.78, 5) is 11.1. The molecule has 0 bridgehead atoms. The van der Waals surface area contributed by atoms with Crippen LogP contribution in [0.25, 0.3) is 0 Å². The van der Waals surface area contributed by atoms with E-state index in [1.807, 2.05) is 0 Å². The Kier molecular flexibility index (Phi) is 9.24. The van der Waals surface area contributed by atoms with Crippen LogP contribution in [0.4, 0.5) is 0 Å². The van der Waals surface area contributed by atoms with Crippen LogP contribution in [0.2, 0.25) is 0 Å². The number of alkyl halides is 1. The molecule has 2 aliphatic rings. The Morgan fingerprint density at radius 1 is 1.32 bits per heavy atom. The summed E-state index contributed by atoms with van der Waals surface area (Å²) < 4.78 is 16.4. The number of carbonyl (C=O) groups excluding carboxylic acids is 1. The summed E-state index contributed by atoms with van der Waals surface area (Å²) >= 11 is 6.54. The highest BCUT2D eigenvalue weighted by Gasteiger charge is 2.43. The van der Waals surface area contributed by atoms with Gasteiger partial charge in [-0.1, -0.05) is 12.2 Å². The first kappa shape index (κ1) is 20.7. The number of allylic oxidation sites excluding steroid dienone is 2. The Morgan fingerprint density at radius 3 is 2.84 bits per heavy atom. The number of unbranched alkanes of at least 4 members (excludes halogenated alkanes) is 1. The molecule has 1 aliphatic carbocycles. The van der Waals surface area contributed by atoms with Crippen molar-refractivity contribution < 1.29 is 24.1 Å². The number of hydrogen-bond acceptors (Lipinski definition) is 5. The molecule has 5 nitrogen and oxygen atoms in total. The lowest BCUT2D eigenvalue weighted by atomic mass is 9.92. The molecular formula is C19H31ClO5. The summed E-state index contributed by atoms with van der Waals surface area (Å²) in [7, 11) is 1.41. The normalized spacial score (nSPS) is 33.0. The number of esters is 1. The molecule has 1 saturated carbocycles. The zero-order valence-corrected chi connectivity index (χ0v) is 15.8. The first-order valence-electron chi connectivity index (χ1n) is 9.39. The molecule has 1 heterocycles. The highest BCUT2D eigenvalue weighted by atomic mass is 35.5. The zero-order chi connectivity index (χ0) is 18.1. The molecular weight excluding hydrogens is 344 g/mol. The van der Waals surface area contributed by atoms with Crippen LogP contribution in [0, 0.1) is 11.8 Å². The molecule has 2 rings (SSSR count). The minimum absolute atomic E-state index is 0.00506. The van der Waals surface area contributed by atoms with Gasteiger partial charge in [0.05, 0.1) is 13.2 Å². The lowest BCUT2D eigenvalue weighted by Gasteiger charge is -2.29. The monoisotopic (exact) mass is 374 g/mol. The highest BCUT2D eigenvalue weighted by Crippen LogP contribution is 2.41. The van der Waals surface area contributed by atoms with Crippen molar-refractivity contribution in [3.63, 3.8) is 0 Å². The third-order valence-electron chi connectivity index (χ3n) is 5.18. The second-order valence-corrected chi connectivity index (χ2v) is 7.47. The van der Waals surface area contributed by atoms with Crippen LogP contribution < -0.4 is 0 Å². The van der Waals surface area contributed by atoms with Gasteiger partial charge in [-0.05, 0) is 50.9 Å². The van der Waals surface area contributed by atoms with Crippen molar-refractivity contribution in [1.29, 1.82) is 0 Å². The van der Waals surface area contributed by atoms with E-state index in [9.17, 15) is 9.90 Å². The molecule has 1 N–H and O–H groups in total. The summed E-state index contributed by atoms with van der Waals surface area (Å²) in [6, 6.07) is 0. The Morgan fingerprint density at radius 2 is 2.16 bits per heavy atom. The largest absolute Gasteiger partial charge is 0.469 e. The molecule has 1 unspecified atom stereocenters. The van der Waals surface area contributed by atoms with Gasteiger partial charge in [0.25, 0.3) is 0 Å². The quantitative estimate of drug-likeness (QED) is 0.290. The van der Waals surface area contributed by atoms with Gasteiger partial charge in [-0.25, -0.2) is 0 Å². The fraction of sp³-hybridized carbons (Fsp3) is 0.842. The van der Waals surface area contributed by atoms with E-state index in [4.69, 9.17) is 21.1 Å². The third-order valence-corrected chi connectivity index (χ3v) is 5.68. The third kappa shape index (κ3) is 6.55. The van der Waals surface area contributed by atoms with Crippen LogP contribution in [0.1, 0.15) is 51.4 Å². The zero-order valence-electron chi connectivity index (χ0n) is 15.1. The maximum Gasteiger partial charge on any atom is 0.305 e. The molecule has 25 heavy (non-hydrogen) atoms. The first-order valence-corrected chi connectivity index (χ1v) is 9.83. The van der Waals surface area contributed by atoms with E-state index in [1.54, 1.807) is 0 Å². The van der Waals surface area contributed by atoms with Gasteiger partial charge in [-0.2, -0.15) is 0 Å². The number of carbonyl (C=O) groups is 1. The molecule has 144 valence electrons. The second kappa shape index (κ2) is 11.2. The number of halogens is 1. The molecule has 1 aliphatic heterocycles. The van der Waals surface area contributed by atoms with E-state index in [-0.39, 0.29) is 42.2 Å². The van der Waals surface area contributed by atoms with E-state index >= 15 is 0 Å². The molecule has 0 spiro atoms. The molecule has 1 saturated heterocycles. The molecule has 0 aromatic heterocycles. The Bertz CT molecular complexity index is 422. The van der Waals surface area contributed by atoms with Crippen molar-refractivity contribution in [3.8, 4) is 0 Å². The number of aliphatic hydroxyl groups excluding tert-OH is 1. The van der Waals surface area contributed by atoms with Crippen LogP contribution >= 0.6 is 11.6 Å². The Balaban J connectivity index is 1.76. The van der Waals surface area contributed by atoms with Crippen LogP contribution in [0.5, 0.6) is 0 Å². The number of rotatable bonds is 9. The maximum atomic E-state index is 11.1. The van der Waals surface area contributed by atoms with Gasteiger partial charge in [0.1, 0.15) is 0 Å². The van der Waals surface area contributed by atoms with E-state index < -0.39 is 0 Å². The first-order chi connectivity index (χ1) is 12.2. The summed E-state index contributed by atoms with van der Waals surface area (Å²) in [5.41, 5.74) is 0. The minimum atomic E-state index is -0.171. The van der Waals surface area contributed by atoms with Gasteiger partial charge >= 0.3 is 5.97 Å². The van der Waals surface area contributed by atoms with E-state index in [2.05, 4.69) is 16.9 Å². The van der Waals surface area contributed by atoms with Gasteiger partial charge in [0.2, 0.25) is 0 Å². The van der Waals surface area contributed by atoms with Gasteiger partial charge < -0.3 is 19.3 Å². The van der Waals surface area contributed by atoms with Crippen molar-refractivity contribution in [3.05, 3.63) is 12.2 Å². The van der Waals surface area contributed by atoms with E-state index in [0.717, 1.165) is 51.6 Å². The number of aliphatic hydroxyl groups is 1. The molecule has 0 aromatic rings. The average Bonchev–Trinajstić information content (AvgIpc) is 2.92. The fourth-order valence-electron chi connectivity index (χ4n) is 3.70. The lowest BCUT2D eigenvalue weighted by molar-refractivity contribution is -0.197. The van der Waals surface area contributed by atoms with Crippen molar-refractivity contribution in [1.82, 2.24) is 0 Å². The van der Waals surface area contributed by atoms with Crippen molar-refractivity contribution >= 4 is 17.6 Å². The molecule has 2 fully saturated rings. The molecule has 0 aromatic carbocycles. The van der Waals surface area contributed by atoms with Gasteiger partial charge in [-0.15, -0.1) is 11.6 Å². The standard InChI is InChI=1S/C19H31ClO5/c1-23-18(22)9-5-3-2-4-8-14-15(13-21)17(12-16(14)20)25-19-10-6-7-11-24-19/h2,4,14-17,19,21H,3,5-13H2,1H3/b4-2-/t14-,15-,16+,17-,19?/m1/s1. The van der Waals surface area contributed by atoms with Gasteiger partial charge in [0, 0.05) is 30.9 Å². The number of ether oxygens (including phenoxy) is 3. The van der Waals surface area contributed by atoms with Gasteiger partial charge in [0.15, 0.2) is 6.29 Å². The summed E-state index contributed by atoms with van der Waals surface area (Å²) in [6.07, 6.45) is 10.8. The second-order valence-electron chi connectivity index (χ2n) is 6.91. The molecule has 5 atom stereocenters. The van der Waals surface area contributed by atoms with Gasteiger partial charge in [-0.3, -0.25) is 4.79 Å². The number of hydrogen-bond donors (Lipinski definition) is 1. The predicted molar refractivity (Wildman–Crippen MR) is 96.4 cm³/mol. The topological polar surface area (TPSA) is 65.0 Å². The average molecular weight is 375 g/mol. The molecule has 0 radical (unpaired) electrons. The van der Waals surface area contributed by atoms with Crippen molar-refractivity contribution in [2.24, 2.45) is 11.8 Å². The van der Waals surface area contributed by atoms with Crippen LogP contribution in [0.3, 0.4) is 0 Å². The van der Waals surface area contributed by atoms with Crippen LogP contribution in [0.15, 0.2) is 12.2 Å². The van der Waals surface area contributed by atoms with E-state index in [0.29, 0.717) is 6.42 Å². The SMILES string of the molecule is COC(=O)CCC/C=C\C[C@@H]1[C@@H](CO)[C@H](OC2CCCCO2)C[C@@H]1Cl. The van der Waals surface area contributed by atoms with E-state index in [1.165, 1.54) is 7.11 Å². The Labute approximate surface area is 155 Å². The highest BCUT2D eigenvalue weighted by molar-refractivity contribution is 6.21. The smallest absolute Gasteiger partial charge is 0.305 e. The Hall–Kier alpha value is -0.620. The van der Waals surface area contributed by atoms with Crippen LogP contribution in [-0.4, -0.2) is 49.2 Å².